The first-order chi connectivity index (χ1) is 10.6. The molecule has 0 spiro atoms. The normalized spacial score (nSPS) is 18.2. The van der Waals surface area contributed by atoms with E-state index in [1.807, 2.05) is 0 Å². The van der Waals surface area contributed by atoms with Crippen molar-refractivity contribution in [2.24, 2.45) is 5.92 Å². The zero-order valence-electron chi connectivity index (χ0n) is 12.0. The molecule has 0 aromatic carbocycles. The fourth-order valence-electron chi connectivity index (χ4n) is 2.48. The zero-order valence-corrected chi connectivity index (χ0v) is 12.0. The Balaban J connectivity index is 1.53. The third-order valence-electron chi connectivity index (χ3n) is 3.72. The van der Waals surface area contributed by atoms with Crippen LogP contribution in [0.3, 0.4) is 0 Å². The maximum Gasteiger partial charge on any atom is 0.417 e. The Morgan fingerprint density at radius 2 is 2.18 bits per heavy atom. The second kappa shape index (κ2) is 5.63. The lowest BCUT2D eigenvalue weighted by Crippen LogP contribution is -2.54. The molecule has 8 heteroatoms. The van der Waals surface area contributed by atoms with Gasteiger partial charge in [-0.3, -0.25) is 9.59 Å². The first kappa shape index (κ1) is 14.3. The molecule has 0 aliphatic carbocycles. The highest BCUT2D eigenvalue weighted by Gasteiger charge is 2.38. The van der Waals surface area contributed by atoms with Gasteiger partial charge in [-0.1, -0.05) is 0 Å². The lowest BCUT2D eigenvalue weighted by Gasteiger charge is -2.40. The summed E-state index contributed by atoms with van der Waals surface area (Å²) in [6.45, 7) is 1.11. The second-order valence-corrected chi connectivity index (χ2v) is 5.22. The minimum atomic E-state index is -0.603. The number of pyridine rings is 1. The van der Waals surface area contributed by atoms with Gasteiger partial charge >= 0.3 is 6.09 Å². The van der Waals surface area contributed by atoms with E-state index in [0.717, 1.165) is 4.90 Å². The van der Waals surface area contributed by atoms with Crippen molar-refractivity contribution in [3.8, 4) is 5.88 Å². The number of carbonyl (C=O) groups is 3. The molecule has 0 N–H and O–H groups in total. The molecule has 22 heavy (non-hydrogen) atoms. The number of carbonyl (C=O) groups excluding carboxylic acids is 3. The summed E-state index contributed by atoms with van der Waals surface area (Å²) in [5.41, 5.74) is 0.482. The van der Waals surface area contributed by atoms with Crippen LogP contribution in [0.15, 0.2) is 18.3 Å². The summed E-state index contributed by atoms with van der Waals surface area (Å²) < 4.78 is 9.59. The average molecular weight is 305 g/mol. The largest absolute Gasteiger partial charge is 0.481 e. The number of rotatable bonds is 4. The average Bonchev–Trinajstić information content (AvgIpc) is 2.81. The van der Waals surface area contributed by atoms with E-state index in [9.17, 15) is 14.4 Å². The van der Waals surface area contributed by atoms with Crippen molar-refractivity contribution in [3.05, 3.63) is 23.9 Å². The molecule has 2 saturated heterocycles. The lowest BCUT2D eigenvalue weighted by atomic mass is 9.98. The quantitative estimate of drug-likeness (QED) is 0.786. The maximum absolute atomic E-state index is 12.2. The summed E-state index contributed by atoms with van der Waals surface area (Å²) in [5.74, 6) is 0.0877. The third kappa shape index (κ3) is 2.59. The Kier molecular flexibility index (Phi) is 3.66. The predicted molar refractivity (Wildman–Crippen MR) is 73.2 cm³/mol. The Morgan fingerprint density at radius 3 is 2.73 bits per heavy atom. The van der Waals surface area contributed by atoms with Crippen LogP contribution in [0.2, 0.25) is 0 Å². The van der Waals surface area contributed by atoms with Crippen molar-refractivity contribution in [3.63, 3.8) is 0 Å². The number of cyclic esters (lactones) is 1. The van der Waals surface area contributed by atoms with Gasteiger partial charge in [0.05, 0.1) is 12.7 Å². The van der Waals surface area contributed by atoms with Crippen LogP contribution in [0.25, 0.3) is 0 Å². The first-order valence-electron chi connectivity index (χ1n) is 6.85. The monoisotopic (exact) mass is 305 g/mol. The van der Waals surface area contributed by atoms with Crippen molar-refractivity contribution < 1.29 is 23.9 Å². The summed E-state index contributed by atoms with van der Waals surface area (Å²) in [7, 11) is 1.51. The molecule has 116 valence electrons. The Bertz CT molecular complexity index is 593. The fraction of sp³-hybridized carbons (Fsp3) is 0.429. The van der Waals surface area contributed by atoms with E-state index in [4.69, 9.17) is 4.74 Å². The number of methoxy groups -OCH3 is 1. The van der Waals surface area contributed by atoms with Crippen LogP contribution in [0.5, 0.6) is 5.88 Å². The number of nitrogens with zero attached hydrogens (tertiary/aromatic N) is 3. The van der Waals surface area contributed by atoms with Gasteiger partial charge in [0.15, 0.2) is 6.61 Å². The zero-order chi connectivity index (χ0) is 15.7. The summed E-state index contributed by atoms with van der Waals surface area (Å²) in [6, 6.07) is 3.28. The summed E-state index contributed by atoms with van der Waals surface area (Å²) in [5, 5.41) is 0. The van der Waals surface area contributed by atoms with E-state index < -0.39 is 6.09 Å². The van der Waals surface area contributed by atoms with Gasteiger partial charge in [0.2, 0.25) is 5.88 Å². The van der Waals surface area contributed by atoms with Crippen molar-refractivity contribution in [1.82, 2.24) is 14.8 Å². The number of ether oxygens (including phenoxy) is 2. The minimum Gasteiger partial charge on any atom is -0.481 e. The van der Waals surface area contributed by atoms with E-state index in [1.165, 1.54) is 13.3 Å². The number of likely N-dealkylation sites (tertiary alicyclic amines) is 1. The van der Waals surface area contributed by atoms with Crippen molar-refractivity contribution in [1.29, 1.82) is 0 Å². The Labute approximate surface area is 126 Å². The van der Waals surface area contributed by atoms with E-state index >= 15 is 0 Å². The minimum absolute atomic E-state index is 0.0877. The van der Waals surface area contributed by atoms with Gasteiger partial charge in [-0.25, -0.2) is 14.7 Å². The van der Waals surface area contributed by atoms with Gasteiger partial charge in [-0.2, -0.15) is 0 Å². The maximum atomic E-state index is 12.2. The van der Waals surface area contributed by atoms with Crippen LogP contribution < -0.4 is 4.74 Å². The van der Waals surface area contributed by atoms with E-state index in [2.05, 4.69) is 9.72 Å². The predicted octanol–water partition coefficient (Wildman–Crippen LogP) is 0.141. The fourth-order valence-corrected chi connectivity index (χ4v) is 2.48. The highest BCUT2D eigenvalue weighted by molar-refractivity contribution is 5.98. The van der Waals surface area contributed by atoms with Crippen LogP contribution in [-0.4, -0.2) is 66.0 Å². The number of amides is 3. The summed E-state index contributed by atoms with van der Waals surface area (Å²) in [4.78, 5) is 41.7. The molecular formula is C14H15N3O5. The van der Waals surface area contributed by atoms with Gasteiger partial charge in [-0.15, -0.1) is 0 Å². The molecule has 2 aliphatic rings. The third-order valence-corrected chi connectivity index (χ3v) is 3.72. The van der Waals surface area contributed by atoms with Crippen molar-refractivity contribution in [2.75, 3.05) is 33.4 Å². The smallest absolute Gasteiger partial charge is 0.417 e. The highest BCUT2D eigenvalue weighted by atomic mass is 16.6. The molecular weight excluding hydrogens is 290 g/mol. The van der Waals surface area contributed by atoms with Crippen LogP contribution in [0.1, 0.15) is 10.4 Å². The standard InChI is InChI=1S/C14H15N3O5/c1-21-11-3-2-10(4-15-11)13(19)16-5-9(6-16)7-17-12(18)8-22-14(17)20/h2-4,9H,5-8H2,1H3. The summed E-state index contributed by atoms with van der Waals surface area (Å²) in [6.07, 6.45) is 0.865. The molecule has 0 atom stereocenters. The van der Waals surface area contributed by atoms with Gasteiger partial charge in [0.1, 0.15) is 0 Å². The molecule has 3 rings (SSSR count). The van der Waals surface area contributed by atoms with Crippen LogP contribution in [0.4, 0.5) is 4.79 Å². The van der Waals surface area contributed by atoms with E-state index in [-0.39, 0.29) is 24.3 Å². The first-order valence-corrected chi connectivity index (χ1v) is 6.85. The van der Waals surface area contributed by atoms with Gasteiger partial charge in [0.25, 0.3) is 11.8 Å². The molecule has 8 nitrogen and oxygen atoms in total. The molecule has 0 radical (unpaired) electrons. The molecule has 2 aliphatic heterocycles. The van der Waals surface area contributed by atoms with Crippen molar-refractivity contribution in [2.45, 2.75) is 0 Å². The number of aromatic nitrogens is 1. The highest BCUT2D eigenvalue weighted by Crippen LogP contribution is 2.21. The summed E-state index contributed by atoms with van der Waals surface area (Å²) >= 11 is 0. The second-order valence-electron chi connectivity index (χ2n) is 5.22. The number of hydrogen-bond donors (Lipinski definition) is 0. The molecule has 0 unspecified atom stereocenters. The molecule has 1 aromatic heterocycles. The molecule has 0 bridgehead atoms. The molecule has 3 amide bonds. The molecule has 2 fully saturated rings. The van der Waals surface area contributed by atoms with Gasteiger partial charge in [0, 0.05) is 37.8 Å². The van der Waals surface area contributed by atoms with Crippen LogP contribution >= 0.6 is 0 Å². The number of imide groups is 1. The van der Waals surface area contributed by atoms with Crippen molar-refractivity contribution >= 4 is 17.9 Å². The Morgan fingerprint density at radius 1 is 1.41 bits per heavy atom. The Hall–Kier alpha value is -2.64. The van der Waals surface area contributed by atoms with E-state index in [0.29, 0.717) is 31.1 Å². The molecule has 3 heterocycles. The van der Waals surface area contributed by atoms with E-state index in [1.54, 1.807) is 17.0 Å². The van der Waals surface area contributed by atoms with Crippen LogP contribution in [0, 0.1) is 5.92 Å². The van der Waals surface area contributed by atoms with Crippen LogP contribution in [-0.2, 0) is 9.53 Å². The molecule has 0 saturated carbocycles. The molecule has 1 aromatic rings. The van der Waals surface area contributed by atoms with Gasteiger partial charge in [-0.05, 0) is 6.07 Å². The lowest BCUT2D eigenvalue weighted by molar-refractivity contribution is -0.126. The SMILES string of the molecule is COc1ccc(C(=O)N2CC(CN3C(=O)COC3=O)C2)cn1. The topological polar surface area (TPSA) is 89.0 Å². The number of hydrogen-bond acceptors (Lipinski definition) is 6. The van der Waals surface area contributed by atoms with Gasteiger partial charge < -0.3 is 14.4 Å².